The lowest BCUT2D eigenvalue weighted by Gasteiger charge is -2.10. The molecule has 7 nitrogen and oxygen atoms in total. The van der Waals surface area contributed by atoms with Crippen LogP contribution in [0, 0.1) is 0 Å². The molecule has 1 aromatic heterocycles. The van der Waals surface area contributed by atoms with Gasteiger partial charge in [-0.2, -0.15) is 9.90 Å². The molecule has 1 amide bonds. The van der Waals surface area contributed by atoms with Crippen molar-refractivity contribution in [1.29, 1.82) is 0 Å². The number of carboxylic acids is 1. The van der Waals surface area contributed by atoms with Crippen LogP contribution in [0.4, 0.5) is 0 Å². The van der Waals surface area contributed by atoms with Crippen LogP contribution in [0.1, 0.15) is 30.3 Å². The molecule has 0 saturated carbocycles. The first-order valence-electron chi connectivity index (χ1n) is 6.56. The Morgan fingerprint density at radius 1 is 1.33 bits per heavy atom. The number of hydrogen-bond acceptors (Lipinski definition) is 4. The topological polar surface area (TPSA) is 97.1 Å². The first-order chi connectivity index (χ1) is 10.1. The highest BCUT2D eigenvalue weighted by atomic mass is 16.4. The number of amides is 1. The number of benzene rings is 1. The van der Waals surface area contributed by atoms with Gasteiger partial charge in [0.05, 0.1) is 11.9 Å². The third-order valence-electron chi connectivity index (χ3n) is 2.88. The van der Waals surface area contributed by atoms with Crippen LogP contribution >= 0.6 is 0 Å². The standard InChI is InChI=1S/C14H16N4O3/c1-10(7-8-13(19)20)16-14(21)12-9-15-18(17-12)11-5-3-2-4-6-11/h2-6,9-10H,7-8H2,1H3,(H,16,21)(H,19,20). The van der Waals surface area contributed by atoms with Crippen molar-refractivity contribution in [1.82, 2.24) is 20.3 Å². The van der Waals surface area contributed by atoms with Crippen LogP contribution in [0.15, 0.2) is 36.5 Å². The lowest BCUT2D eigenvalue weighted by atomic mass is 10.2. The minimum atomic E-state index is -0.883. The van der Waals surface area contributed by atoms with E-state index in [1.807, 2.05) is 30.3 Å². The normalized spacial score (nSPS) is 11.9. The predicted octanol–water partition coefficient (Wildman–Crippen LogP) is 1.25. The van der Waals surface area contributed by atoms with Crippen molar-refractivity contribution in [3.05, 3.63) is 42.2 Å². The molecule has 1 unspecified atom stereocenters. The summed E-state index contributed by atoms with van der Waals surface area (Å²) in [6, 6.07) is 9.01. The third kappa shape index (κ3) is 4.13. The Kier molecular flexibility index (Phi) is 4.65. The summed E-state index contributed by atoms with van der Waals surface area (Å²) < 4.78 is 0. The Balaban J connectivity index is 1.98. The number of carbonyl (C=O) groups is 2. The van der Waals surface area contributed by atoms with Gasteiger partial charge in [-0.05, 0) is 25.5 Å². The molecule has 7 heteroatoms. The molecule has 0 aliphatic carbocycles. The second kappa shape index (κ2) is 6.65. The Hall–Kier alpha value is -2.70. The highest BCUT2D eigenvalue weighted by Gasteiger charge is 2.14. The van der Waals surface area contributed by atoms with Gasteiger partial charge in [0.15, 0.2) is 5.69 Å². The van der Waals surface area contributed by atoms with Crippen LogP contribution in [-0.2, 0) is 4.79 Å². The summed E-state index contributed by atoms with van der Waals surface area (Å²) in [5, 5.41) is 19.4. The van der Waals surface area contributed by atoms with Gasteiger partial charge in [0.2, 0.25) is 0 Å². The predicted molar refractivity (Wildman–Crippen MR) is 75.2 cm³/mol. The first kappa shape index (κ1) is 14.7. The average molecular weight is 288 g/mol. The second-order valence-electron chi connectivity index (χ2n) is 4.66. The lowest BCUT2D eigenvalue weighted by molar-refractivity contribution is -0.137. The fraction of sp³-hybridized carbons (Fsp3) is 0.286. The minimum Gasteiger partial charge on any atom is -0.481 e. The molecule has 1 atom stereocenters. The summed E-state index contributed by atoms with van der Waals surface area (Å²) in [6.45, 7) is 1.75. The molecule has 0 fully saturated rings. The Bertz CT molecular complexity index is 624. The number of nitrogens with zero attached hydrogens (tertiary/aromatic N) is 3. The summed E-state index contributed by atoms with van der Waals surface area (Å²) in [5.41, 5.74) is 0.955. The van der Waals surface area contributed by atoms with E-state index in [2.05, 4.69) is 15.5 Å². The maximum Gasteiger partial charge on any atom is 0.303 e. The number of aliphatic carboxylic acids is 1. The average Bonchev–Trinajstić information content (AvgIpc) is 2.96. The van der Waals surface area contributed by atoms with Gasteiger partial charge in [-0.15, -0.1) is 5.10 Å². The second-order valence-corrected chi connectivity index (χ2v) is 4.66. The molecular formula is C14H16N4O3. The molecule has 21 heavy (non-hydrogen) atoms. The number of hydrogen-bond donors (Lipinski definition) is 2. The minimum absolute atomic E-state index is 0.0121. The van der Waals surface area contributed by atoms with E-state index in [9.17, 15) is 9.59 Å². The summed E-state index contributed by atoms with van der Waals surface area (Å²) in [6.07, 6.45) is 1.76. The van der Waals surface area contributed by atoms with Crippen molar-refractivity contribution in [2.75, 3.05) is 0 Å². The van der Waals surface area contributed by atoms with Gasteiger partial charge in [0, 0.05) is 12.5 Å². The molecule has 0 radical (unpaired) electrons. The van der Waals surface area contributed by atoms with E-state index in [0.717, 1.165) is 5.69 Å². The molecule has 0 aliphatic rings. The Labute approximate surface area is 121 Å². The number of carbonyl (C=O) groups excluding carboxylic acids is 1. The largest absolute Gasteiger partial charge is 0.481 e. The van der Waals surface area contributed by atoms with Crippen molar-refractivity contribution in [3.63, 3.8) is 0 Å². The Morgan fingerprint density at radius 2 is 2.05 bits per heavy atom. The number of nitrogens with one attached hydrogen (secondary N) is 1. The number of carboxylic acid groups (broad SMARTS) is 1. The number of rotatable bonds is 6. The molecule has 0 aliphatic heterocycles. The number of aromatic nitrogens is 3. The molecule has 1 aromatic carbocycles. The van der Waals surface area contributed by atoms with Crippen molar-refractivity contribution in [2.45, 2.75) is 25.8 Å². The zero-order valence-corrected chi connectivity index (χ0v) is 11.6. The third-order valence-corrected chi connectivity index (χ3v) is 2.88. The summed E-state index contributed by atoms with van der Waals surface area (Å²) in [4.78, 5) is 23.8. The van der Waals surface area contributed by atoms with E-state index >= 15 is 0 Å². The van der Waals surface area contributed by atoms with Crippen LogP contribution in [0.2, 0.25) is 0 Å². The lowest BCUT2D eigenvalue weighted by Crippen LogP contribution is -2.33. The van der Waals surface area contributed by atoms with Crippen molar-refractivity contribution in [2.24, 2.45) is 0 Å². The van der Waals surface area contributed by atoms with E-state index in [0.29, 0.717) is 6.42 Å². The Morgan fingerprint density at radius 3 is 2.71 bits per heavy atom. The van der Waals surface area contributed by atoms with Gasteiger partial charge in [-0.3, -0.25) is 9.59 Å². The van der Waals surface area contributed by atoms with Gasteiger partial charge in [0.1, 0.15) is 0 Å². The van der Waals surface area contributed by atoms with Crippen molar-refractivity contribution >= 4 is 11.9 Å². The van der Waals surface area contributed by atoms with Gasteiger partial charge in [-0.1, -0.05) is 18.2 Å². The van der Waals surface area contributed by atoms with E-state index in [1.165, 1.54) is 11.0 Å². The quantitative estimate of drug-likeness (QED) is 0.833. The van der Waals surface area contributed by atoms with Gasteiger partial charge >= 0.3 is 5.97 Å². The maximum atomic E-state index is 12.0. The van der Waals surface area contributed by atoms with Gasteiger partial charge in [0.25, 0.3) is 5.91 Å². The number of para-hydroxylation sites is 1. The first-order valence-corrected chi connectivity index (χ1v) is 6.56. The highest BCUT2D eigenvalue weighted by Crippen LogP contribution is 2.05. The smallest absolute Gasteiger partial charge is 0.303 e. The molecule has 110 valence electrons. The van der Waals surface area contributed by atoms with E-state index in [4.69, 9.17) is 5.11 Å². The van der Waals surface area contributed by atoms with Gasteiger partial charge < -0.3 is 10.4 Å². The highest BCUT2D eigenvalue weighted by molar-refractivity contribution is 5.92. The zero-order valence-electron chi connectivity index (χ0n) is 11.6. The summed E-state index contributed by atoms with van der Waals surface area (Å²) >= 11 is 0. The SMILES string of the molecule is CC(CCC(=O)O)NC(=O)c1cnn(-c2ccccc2)n1. The van der Waals surface area contributed by atoms with E-state index in [-0.39, 0.29) is 24.1 Å². The molecular weight excluding hydrogens is 272 g/mol. The zero-order chi connectivity index (χ0) is 15.2. The van der Waals surface area contributed by atoms with Crippen LogP contribution in [0.25, 0.3) is 5.69 Å². The molecule has 2 N–H and O–H groups in total. The summed E-state index contributed by atoms with van der Waals surface area (Å²) in [7, 11) is 0. The van der Waals surface area contributed by atoms with Crippen LogP contribution < -0.4 is 5.32 Å². The molecule has 2 rings (SSSR count). The van der Waals surface area contributed by atoms with E-state index in [1.54, 1.807) is 6.92 Å². The van der Waals surface area contributed by atoms with Crippen LogP contribution in [-0.4, -0.2) is 38.0 Å². The van der Waals surface area contributed by atoms with Crippen molar-refractivity contribution < 1.29 is 14.7 Å². The molecule has 1 heterocycles. The molecule has 0 bridgehead atoms. The van der Waals surface area contributed by atoms with Crippen LogP contribution in [0.3, 0.4) is 0 Å². The fourth-order valence-electron chi connectivity index (χ4n) is 1.76. The summed E-state index contributed by atoms with van der Waals surface area (Å²) in [5.74, 6) is -1.25. The van der Waals surface area contributed by atoms with Crippen LogP contribution in [0.5, 0.6) is 0 Å². The van der Waals surface area contributed by atoms with Gasteiger partial charge in [-0.25, -0.2) is 0 Å². The maximum absolute atomic E-state index is 12.0. The van der Waals surface area contributed by atoms with Crippen molar-refractivity contribution in [3.8, 4) is 5.69 Å². The monoisotopic (exact) mass is 288 g/mol. The molecule has 0 spiro atoms. The van der Waals surface area contributed by atoms with E-state index < -0.39 is 5.97 Å². The fourth-order valence-corrected chi connectivity index (χ4v) is 1.76. The molecule has 2 aromatic rings. The molecule has 0 saturated heterocycles.